The fourth-order valence-corrected chi connectivity index (χ4v) is 1.30. The maximum Gasteiger partial charge on any atom is 0.162 e. The Morgan fingerprint density at radius 3 is 2.11 bits per heavy atom. The molecular formula is C14H20O5. The molecule has 0 saturated carbocycles. The summed E-state index contributed by atoms with van der Waals surface area (Å²) >= 11 is 0. The Labute approximate surface area is 112 Å². The zero-order chi connectivity index (χ0) is 14.5. The standard InChI is InChI=1S/C12H14O3.C2H6O2/c13-9-3-1-2-4-12(15)10-5-7-11(14)8-6-10;3-1-2-4/h5-9,14H,1-4H2;3-4H,1-2H2. The summed E-state index contributed by atoms with van der Waals surface area (Å²) in [6.07, 6.45) is 3.33. The molecule has 1 aromatic rings. The Hall–Kier alpha value is -1.72. The molecule has 0 heterocycles. The summed E-state index contributed by atoms with van der Waals surface area (Å²) in [5, 5.41) is 24.3. The molecule has 5 heteroatoms. The SMILES string of the molecule is O=CCCCCC(=O)c1ccc(O)cc1.OCCO. The molecule has 1 rings (SSSR count). The van der Waals surface area contributed by atoms with Crippen molar-refractivity contribution in [1.82, 2.24) is 0 Å². The number of phenolic OH excluding ortho intramolecular Hbond substituents is 1. The highest BCUT2D eigenvalue weighted by Gasteiger charge is 2.04. The molecule has 0 spiro atoms. The molecule has 0 saturated heterocycles. The number of carbonyl (C=O) groups is 2. The van der Waals surface area contributed by atoms with Crippen molar-refractivity contribution in [1.29, 1.82) is 0 Å². The van der Waals surface area contributed by atoms with E-state index < -0.39 is 0 Å². The van der Waals surface area contributed by atoms with Crippen LogP contribution < -0.4 is 0 Å². The van der Waals surface area contributed by atoms with Crippen molar-refractivity contribution in [3.8, 4) is 5.75 Å². The average molecular weight is 268 g/mol. The molecule has 5 nitrogen and oxygen atoms in total. The quantitative estimate of drug-likeness (QED) is 0.393. The molecule has 106 valence electrons. The van der Waals surface area contributed by atoms with E-state index in [1.165, 1.54) is 12.1 Å². The molecule has 0 unspecified atom stereocenters. The van der Waals surface area contributed by atoms with Gasteiger partial charge < -0.3 is 20.1 Å². The Kier molecular flexibility index (Phi) is 10.3. The van der Waals surface area contributed by atoms with Gasteiger partial charge >= 0.3 is 0 Å². The Bertz CT molecular complexity index is 357. The molecule has 3 N–H and O–H groups in total. The summed E-state index contributed by atoms with van der Waals surface area (Å²) < 4.78 is 0. The predicted octanol–water partition coefficient (Wildman–Crippen LogP) is 1.31. The summed E-state index contributed by atoms with van der Waals surface area (Å²) in [5.41, 5.74) is 0.610. The monoisotopic (exact) mass is 268 g/mol. The van der Waals surface area contributed by atoms with E-state index in [4.69, 9.17) is 15.3 Å². The second-order valence-electron chi connectivity index (χ2n) is 3.83. The van der Waals surface area contributed by atoms with Gasteiger partial charge in [-0.25, -0.2) is 0 Å². The number of rotatable bonds is 7. The van der Waals surface area contributed by atoms with E-state index in [9.17, 15) is 9.59 Å². The summed E-state index contributed by atoms with van der Waals surface area (Å²) in [7, 11) is 0. The lowest BCUT2D eigenvalue weighted by Gasteiger charge is -2.00. The number of hydrogen-bond acceptors (Lipinski definition) is 5. The van der Waals surface area contributed by atoms with E-state index in [1.54, 1.807) is 12.1 Å². The number of carbonyl (C=O) groups excluding carboxylic acids is 2. The van der Waals surface area contributed by atoms with Crippen LogP contribution in [-0.4, -0.2) is 40.6 Å². The third-order valence-electron chi connectivity index (χ3n) is 2.27. The second kappa shape index (κ2) is 11.4. The van der Waals surface area contributed by atoms with Crippen molar-refractivity contribution >= 4 is 12.1 Å². The fourth-order valence-electron chi connectivity index (χ4n) is 1.30. The van der Waals surface area contributed by atoms with Crippen molar-refractivity contribution in [3.05, 3.63) is 29.8 Å². The molecular weight excluding hydrogens is 248 g/mol. The maximum atomic E-state index is 11.5. The number of aliphatic hydroxyl groups is 2. The zero-order valence-electron chi connectivity index (χ0n) is 10.8. The third-order valence-corrected chi connectivity index (χ3v) is 2.27. The van der Waals surface area contributed by atoms with E-state index in [-0.39, 0.29) is 24.7 Å². The number of Topliss-reactive ketones (excluding diaryl/α,β-unsaturated/α-hetero) is 1. The van der Waals surface area contributed by atoms with Gasteiger partial charge in [-0.1, -0.05) is 0 Å². The number of benzene rings is 1. The predicted molar refractivity (Wildman–Crippen MR) is 71.1 cm³/mol. The van der Waals surface area contributed by atoms with Gasteiger partial charge in [0.05, 0.1) is 13.2 Å². The van der Waals surface area contributed by atoms with Crippen molar-refractivity contribution in [2.45, 2.75) is 25.7 Å². The number of aromatic hydroxyl groups is 1. The molecule has 0 amide bonds. The van der Waals surface area contributed by atoms with Crippen LogP contribution in [-0.2, 0) is 4.79 Å². The first-order valence-electron chi connectivity index (χ1n) is 6.13. The number of aldehydes is 1. The first-order valence-corrected chi connectivity index (χ1v) is 6.13. The summed E-state index contributed by atoms with van der Waals surface area (Å²) in [4.78, 5) is 21.6. The number of aliphatic hydroxyl groups excluding tert-OH is 2. The number of phenols is 1. The van der Waals surface area contributed by atoms with Crippen LogP contribution in [0.15, 0.2) is 24.3 Å². The molecule has 0 aliphatic rings. The van der Waals surface area contributed by atoms with Crippen molar-refractivity contribution < 1.29 is 24.9 Å². The molecule has 0 fully saturated rings. The normalized spacial score (nSPS) is 9.37. The van der Waals surface area contributed by atoms with Crippen molar-refractivity contribution in [2.75, 3.05) is 13.2 Å². The maximum absolute atomic E-state index is 11.5. The Balaban J connectivity index is 0.000000711. The van der Waals surface area contributed by atoms with Gasteiger partial charge in [0.1, 0.15) is 12.0 Å². The average Bonchev–Trinajstić information content (AvgIpc) is 2.44. The Morgan fingerprint density at radius 2 is 1.63 bits per heavy atom. The van der Waals surface area contributed by atoms with E-state index in [0.717, 1.165) is 19.1 Å². The van der Waals surface area contributed by atoms with E-state index in [2.05, 4.69) is 0 Å². The lowest BCUT2D eigenvalue weighted by Crippen LogP contribution is -1.98. The molecule has 0 aromatic heterocycles. The highest BCUT2D eigenvalue weighted by atomic mass is 16.3. The van der Waals surface area contributed by atoms with Gasteiger partial charge in [0.25, 0.3) is 0 Å². The third kappa shape index (κ3) is 8.93. The highest BCUT2D eigenvalue weighted by molar-refractivity contribution is 5.96. The molecule has 0 bridgehead atoms. The fraction of sp³-hybridized carbons (Fsp3) is 0.429. The Morgan fingerprint density at radius 1 is 1.05 bits per heavy atom. The van der Waals surface area contributed by atoms with E-state index in [1.807, 2.05) is 0 Å². The van der Waals surface area contributed by atoms with Crippen LogP contribution in [0.2, 0.25) is 0 Å². The largest absolute Gasteiger partial charge is 0.508 e. The van der Waals surface area contributed by atoms with Gasteiger partial charge in [-0.2, -0.15) is 0 Å². The zero-order valence-corrected chi connectivity index (χ0v) is 10.8. The topological polar surface area (TPSA) is 94.8 Å². The lowest BCUT2D eigenvalue weighted by molar-refractivity contribution is -0.107. The van der Waals surface area contributed by atoms with Crippen LogP contribution in [0.1, 0.15) is 36.0 Å². The first-order chi connectivity index (χ1) is 9.15. The minimum Gasteiger partial charge on any atom is -0.508 e. The minimum atomic E-state index is -0.125. The van der Waals surface area contributed by atoms with Crippen LogP contribution in [0.3, 0.4) is 0 Å². The van der Waals surface area contributed by atoms with Gasteiger partial charge in [0.15, 0.2) is 5.78 Å². The number of ketones is 1. The van der Waals surface area contributed by atoms with E-state index in [0.29, 0.717) is 18.4 Å². The first kappa shape index (κ1) is 17.3. The van der Waals surface area contributed by atoms with Gasteiger partial charge in [-0.05, 0) is 37.1 Å². The number of hydrogen-bond donors (Lipinski definition) is 3. The van der Waals surface area contributed by atoms with E-state index >= 15 is 0 Å². The summed E-state index contributed by atoms with van der Waals surface area (Å²) in [5.74, 6) is 0.216. The minimum absolute atomic E-state index is 0.0564. The van der Waals surface area contributed by atoms with Crippen molar-refractivity contribution in [3.63, 3.8) is 0 Å². The van der Waals surface area contributed by atoms with Gasteiger partial charge in [-0.15, -0.1) is 0 Å². The van der Waals surface area contributed by atoms with Crippen LogP contribution in [0.5, 0.6) is 5.75 Å². The summed E-state index contributed by atoms with van der Waals surface area (Å²) in [6.45, 7) is -0.250. The van der Waals surface area contributed by atoms with Crippen LogP contribution in [0.4, 0.5) is 0 Å². The van der Waals surface area contributed by atoms with Crippen LogP contribution in [0.25, 0.3) is 0 Å². The highest BCUT2D eigenvalue weighted by Crippen LogP contribution is 2.12. The van der Waals surface area contributed by atoms with Gasteiger partial charge in [0, 0.05) is 18.4 Å². The molecule has 0 radical (unpaired) electrons. The molecule has 0 aliphatic heterocycles. The van der Waals surface area contributed by atoms with Gasteiger partial charge in [-0.3, -0.25) is 4.79 Å². The van der Waals surface area contributed by atoms with Crippen LogP contribution in [0, 0.1) is 0 Å². The van der Waals surface area contributed by atoms with Crippen LogP contribution >= 0.6 is 0 Å². The van der Waals surface area contributed by atoms with Crippen molar-refractivity contribution in [2.24, 2.45) is 0 Å². The smallest absolute Gasteiger partial charge is 0.162 e. The molecule has 0 aliphatic carbocycles. The summed E-state index contributed by atoms with van der Waals surface area (Å²) in [6, 6.07) is 6.21. The number of unbranched alkanes of at least 4 members (excludes halogenated alkanes) is 2. The molecule has 19 heavy (non-hydrogen) atoms. The lowest BCUT2D eigenvalue weighted by atomic mass is 10.0. The molecule has 1 aromatic carbocycles. The second-order valence-corrected chi connectivity index (χ2v) is 3.83. The molecule has 0 atom stereocenters. The van der Waals surface area contributed by atoms with Gasteiger partial charge in [0.2, 0.25) is 0 Å².